The summed E-state index contributed by atoms with van der Waals surface area (Å²) in [6, 6.07) is 10.8. The Balaban J connectivity index is 0.00000106. The molecule has 30 heavy (non-hydrogen) atoms. The van der Waals surface area contributed by atoms with E-state index in [0.717, 1.165) is 35.8 Å². The molecule has 3 aromatic rings. The van der Waals surface area contributed by atoms with Gasteiger partial charge in [0, 0.05) is 18.3 Å². The van der Waals surface area contributed by atoms with Gasteiger partial charge in [0.15, 0.2) is 5.65 Å². The zero-order valence-corrected chi connectivity index (χ0v) is 18.0. The second-order valence-electron chi connectivity index (χ2n) is 7.70. The number of hydrogen-bond donors (Lipinski definition) is 2. The minimum absolute atomic E-state index is 0.230. The molecule has 0 amide bonds. The summed E-state index contributed by atoms with van der Waals surface area (Å²) in [5.41, 5.74) is 2.67. The van der Waals surface area contributed by atoms with Crippen LogP contribution in [0, 0.1) is 0 Å². The maximum Gasteiger partial charge on any atom is 0.224 e. The lowest BCUT2D eigenvalue weighted by molar-refractivity contribution is 0.187. The number of aromatic nitrogens is 4. The van der Waals surface area contributed by atoms with E-state index >= 15 is 0 Å². The molecule has 1 aliphatic carbocycles. The highest BCUT2D eigenvalue weighted by molar-refractivity contribution is 5.76. The molecule has 2 N–H and O–H groups in total. The van der Waals surface area contributed by atoms with Crippen molar-refractivity contribution >= 4 is 28.7 Å². The fraction of sp³-hybridized carbons (Fsp3) is 0.522. The first kappa shape index (κ1) is 20.6. The Hall–Kier alpha value is -2.67. The van der Waals surface area contributed by atoms with Gasteiger partial charge >= 0.3 is 0 Å². The third-order valence-corrected chi connectivity index (χ3v) is 5.67. The summed E-state index contributed by atoms with van der Waals surface area (Å²) in [6.45, 7) is 5.46. The van der Waals surface area contributed by atoms with Crippen LogP contribution in [0.5, 0.6) is 0 Å². The molecule has 2 aromatic heterocycles. The third kappa shape index (κ3) is 4.56. The summed E-state index contributed by atoms with van der Waals surface area (Å²) < 4.78 is 7.83. The number of anilines is 3. The van der Waals surface area contributed by atoms with Crippen molar-refractivity contribution in [2.75, 3.05) is 23.8 Å². The second-order valence-corrected chi connectivity index (χ2v) is 7.70. The maximum absolute atomic E-state index is 5.65. The Morgan fingerprint density at radius 1 is 1.00 bits per heavy atom. The van der Waals surface area contributed by atoms with Crippen molar-refractivity contribution < 1.29 is 4.74 Å². The average molecular weight is 409 g/mol. The summed E-state index contributed by atoms with van der Waals surface area (Å²) in [5, 5.41) is 6.98. The standard InChI is InChI=1S/C21H26N6O.C2H6/c1-3-7-15(8-4-1)23-20-22-13-18-19(26-20)27(17-11-12-28-14-17)21(25-18)24-16-9-5-2-6-10-16;1-2/h2,5-6,9-10,13,15,17H,1,3-4,7-8,11-12,14H2,(H,24,25)(H,22,23,26);1-2H3. The van der Waals surface area contributed by atoms with Crippen molar-refractivity contribution in [3.63, 3.8) is 0 Å². The molecule has 2 fully saturated rings. The Morgan fingerprint density at radius 2 is 1.80 bits per heavy atom. The number of hydrogen-bond acceptors (Lipinski definition) is 6. The number of nitrogens with zero attached hydrogens (tertiary/aromatic N) is 4. The summed E-state index contributed by atoms with van der Waals surface area (Å²) in [5.74, 6) is 1.49. The van der Waals surface area contributed by atoms with Crippen molar-refractivity contribution in [3.05, 3.63) is 36.5 Å². The van der Waals surface area contributed by atoms with Gasteiger partial charge in [0.05, 0.1) is 18.8 Å². The van der Waals surface area contributed by atoms with Crippen molar-refractivity contribution in [2.24, 2.45) is 0 Å². The molecule has 0 spiro atoms. The van der Waals surface area contributed by atoms with Gasteiger partial charge in [0.25, 0.3) is 0 Å². The number of imidazole rings is 1. The topological polar surface area (TPSA) is 76.9 Å². The van der Waals surface area contributed by atoms with Crippen molar-refractivity contribution in [2.45, 2.75) is 64.5 Å². The number of benzene rings is 1. The van der Waals surface area contributed by atoms with E-state index in [-0.39, 0.29) is 6.04 Å². The number of rotatable bonds is 5. The molecule has 1 saturated heterocycles. The van der Waals surface area contributed by atoms with Gasteiger partial charge in [0.1, 0.15) is 5.52 Å². The lowest BCUT2D eigenvalue weighted by atomic mass is 9.96. The number of para-hydroxylation sites is 1. The highest BCUT2D eigenvalue weighted by Crippen LogP contribution is 2.30. The van der Waals surface area contributed by atoms with Crippen LogP contribution in [0.15, 0.2) is 36.5 Å². The summed E-state index contributed by atoms with van der Waals surface area (Å²) in [4.78, 5) is 14.2. The number of ether oxygens (including phenoxy) is 1. The Bertz CT molecular complexity index is 930. The van der Waals surface area contributed by atoms with E-state index < -0.39 is 0 Å². The van der Waals surface area contributed by atoms with Gasteiger partial charge in [-0.15, -0.1) is 0 Å². The minimum atomic E-state index is 0.230. The molecule has 3 heterocycles. The zero-order chi connectivity index (χ0) is 20.8. The molecule has 0 radical (unpaired) electrons. The zero-order valence-electron chi connectivity index (χ0n) is 18.0. The van der Waals surface area contributed by atoms with Crippen molar-refractivity contribution in [1.82, 2.24) is 19.5 Å². The molecule has 2 aliphatic rings. The van der Waals surface area contributed by atoms with E-state index in [0.29, 0.717) is 18.6 Å². The quantitative estimate of drug-likeness (QED) is 0.596. The molecule has 1 aliphatic heterocycles. The first-order valence-electron chi connectivity index (χ1n) is 11.3. The first-order chi connectivity index (χ1) is 14.9. The molecule has 7 nitrogen and oxygen atoms in total. The van der Waals surface area contributed by atoms with Gasteiger partial charge in [-0.1, -0.05) is 51.3 Å². The summed E-state index contributed by atoms with van der Waals surface area (Å²) in [6.07, 6.45) is 9.07. The molecule has 7 heteroatoms. The number of nitrogens with one attached hydrogen (secondary N) is 2. The molecule has 1 unspecified atom stereocenters. The van der Waals surface area contributed by atoms with Crippen LogP contribution in [-0.4, -0.2) is 38.8 Å². The first-order valence-corrected chi connectivity index (χ1v) is 11.3. The Labute approximate surface area is 178 Å². The monoisotopic (exact) mass is 408 g/mol. The van der Waals surface area contributed by atoms with Gasteiger partial charge in [0.2, 0.25) is 11.9 Å². The smallest absolute Gasteiger partial charge is 0.224 e. The molecule has 160 valence electrons. The van der Waals surface area contributed by atoms with Crippen LogP contribution in [0.2, 0.25) is 0 Å². The molecule has 1 saturated carbocycles. The summed E-state index contributed by atoms with van der Waals surface area (Å²) in [7, 11) is 0. The van der Waals surface area contributed by atoms with Gasteiger partial charge in [-0.3, -0.25) is 4.57 Å². The lowest BCUT2D eigenvalue weighted by Gasteiger charge is -2.22. The van der Waals surface area contributed by atoms with E-state index in [1.807, 2.05) is 50.4 Å². The molecule has 5 rings (SSSR count). The van der Waals surface area contributed by atoms with Gasteiger partial charge in [-0.05, 0) is 31.4 Å². The average Bonchev–Trinajstić information content (AvgIpc) is 3.44. The predicted octanol–water partition coefficient (Wildman–Crippen LogP) is 5.30. The lowest BCUT2D eigenvalue weighted by Crippen LogP contribution is -2.23. The van der Waals surface area contributed by atoms with Crippen LogP contribution in [-0.2, 0) is 4.74 Å². The number of fused-ring (bicyclic) bond motifs is 1. The molecule has 1 aromatic carbocycles. The predicted molar refractivity (Wildman–Crippen MR) is 121 cm³/mol. The van der Waals surface area contributed by atoms with E-state index in [4.69, 9.17) is 14.7 Å². The Kier molecular flexibility index (Phi) is 6.79. The largest absolute Gasteiger partial charge is 0.379 e. The Morgan fingerprint density at radius 3 is 2.53 bits per heavy atom. The molecular formula is C23H32N6O. The summed E-state index contributed by atoms with van der Waals surface area (Å²) >= 11 is 0. The van der Waals surface area contributed by atoms with Crippen molar-refractivity contribution in [3.8, 4) is 0 Å². The van der Waals surface area contributed by atoms with E-state index in [9.17, 15) is 0 Å². The van der Waals surface area contributed by atoms with Crippen LogP contribution < -0.4 is 10.6 Å². The normalized spacial score (nSPS) is 19.3. The van der Waals surface area contributed by atoms with Crippen LogP contribution in [0.1, 0.15) is 58.4 Å². The molecule has 1 atom stereocenters. The van der Waals surface area contributed by atoms with Crippen LogP contribution in [0.25, 0.3) is 11.2 Å². The van der Waals surface area contributed by atoms with E-state index in [1.165, 1.54) is 32.1 Å². The van der Waals surface area contributed by atoms with Gasteiger partial charge in [-0.2, -0.15) is 4.98 Å². The fourth-order valence-corrected chi connectivity index (χ4v) is 4.20. The van der Waals surface area contributed by atoms with E-state index in [2.05, 4.69) is 20.2 Å². The van der Waals surface area contributed by atoms with Crippen molar-refractivity contribution in [1.29, 1.82) is 0 Å². The minimum Gasteiger partial charge on any atom is -0.379 e. The highest BCUT2D eigenvalue weighted by Gasteiger charge is 2.25. The third-order valence-electron chi connectivity index (χ3n) is 5.67. The molecule has 0 bridgehead atoms. The van der Waals surface area contributed by atoms with Gasteiger partial charge in [-0.25, -0.2) is 9.97 Å². The second kappa shape index (κ2) is 9.89. The van der Waals surface area contributed by atoms with Crippen LogP contribution in [0.3, 0.4) is 0 Å². The van der Waals surface area contributed by atoms with E-state index in [1.54, 1.807) is 0 Å². The SMILES string of the molecule is CC.c1ccc(Nc2nc3cnc(NC4CCCCC4)nc3n2C2CCOC2)cc1. The fourth-order valence-electron chi connectivity index (χ4n) is 4.20. The van der Waals surface area contributed by atoms with Gasteiger partial charge < -0.3 is 15.4 Å². The highest BCUT2D eigenvalue weighted by atomic mass is 16.5. The van der Waals surface area contributed by atoms with Crippen LogP contribution >= 0.6 is 0 Å². The maximum atomic E-state index is 5.65. The van der Waals surface area contributed by atoms with Crippen LogP contribution in [0.4, 0.5) is 17.6 Å². The molecular weight excluding hydrogens is 376 g/mol.